The van der Waals surface area contributed by atoms with Crippen LogP contribution in [-0.4, -0.2) is 28.2 Å². The fraction of sp³-hybridized carbons (Fsp3) is 0.471. The molecule has 1 atom stereocenters. The average Bonchev–Trinajstić information content (AvgIpc) is 3.04. The van der Waals surface area contributed by atoms with Crippen LogP contribution >= 0.6 is 0 Å². The van der Waals surface area contributed by atoms with Gasteiger partial charge < -0.3 is 0 Å². The summed E-state index contributed by atoms with van der Waals surface area (Å²) in [5.41, 5.74) is 4.22. The number of hydrogen-bond donors (Lipinski definition) is 1. The van der Waals surface area contributed by atoms with Gasteiger partial charge in [0.25, 0.3) is 0 Å². The van der Waals surface area contributed by atoms with Gasteiger partial charge in [-0.2, -0.15) is 5.10 Å². The largest absolute Gasteiger partial charge is 0.297 e. The van der Waals surface area contributed by atoms with Gasteiger partial charge in [-0.15, -0.1) is 0 Å². The molecule has 3 nitrogen and oxygen atoms in total. The normalized spacial score (nSPS) is 19.3. The standard InChI is InChI=1S/C17H22FN3/c1-12-7-14(3-4-17(12)18)9-15-5-6-21(10-15)11-16-8-13(2)19-20-16/h3-4,7-8,15H,5-6,9-11H2,1-2H3,(H,19,20). The summed E-state index contributed by atoms with van der Waals surface area (Å²) in [6.07, 6.45) is 2.25. The number of aromatic amines is 1. The second-order valence-electron chi connectivity index (χ2n) is 6.22. The van der Waals surface area contributed by atoms with Crippen LogP contribution in [0.4, 0.5) is 4.39 Å². The first-order valence-electron chi connectivity index (χ1n) is 7.58. The Labute approximate surface area is 125 Å². The van der Waals surface area contributed by atoms with Crippen LogP contribution in [-0.2, 0) is 13.0 Å². The van der Waals surface area contributed by atoms with Gasteiger partial charge in [0.15, 0.2) is 0 Å². The lowest BCUT2D eigenvalue weighted by molar-refractivity contribution is 0.312. The molecule has 1 aromatic carbocycles. The third-order valence-electron chi connectivity index (χ3n) is 4.26. The van der Waals surface area contributed by atoms with Gasteiger partial charge >= 0.3 is 0 Å². The van der Waals surface area contributed by atoms with Gasteiger partial charge in [-0.05, 0) is 62.4 Å². The number of rotatable bonds is 4. The number of hydrogen-bond acceptors (Lipinski definition) is 2. The van der Waals surface area contributed by atoms with E-state index in [1.54, 1.807) is 6.07 Å². The molecule has 1 fully saturated rings. The van der Waals surface area contributed by atoms with Gasteiger partial charge in [0.2, 0.25) is 0 Å². The second-order valence-corrected chi connectivity index (χ2v) is 6.22. The van der Waals surface area contributed by atoms with Crippen LogP contribution in [0.25, 0.3) is 0 Å². The van der Waals surface area contributed by atoms with Crippen molar-refractivity contribution in [1.29, 1.82) is 0 Å². The Kier molecular flexibility index (Phi) is 4.06. The minimum atomic E-state index is -0.110. The van der Waals surface area contributed by atoms with Crippen molar-refractivity contribution in [1.82, 2.24) is 15.1 Å². The molecule has 1 saturated heterocycles. The molecule has 0 spiro atoms. The summed E-state index contributed by atoms with van der Waals surface area (Å²) in [6.45, 7) is 7.00. The molecule has 0 radical (unpaired) electrons. The van der Waals surface area contributed by atoms with E-state index < -0.39 is 0 Å². The van der Waals surface area contributed by atoms with Crippen LogP contribution in [0.15, 0.2) is 24.3 Å². The lowest BCUT2D eigenvalue weighted by atomic mass is 9.97. The fourth-order valence-corrected chi connectivity index (χ4v) is 3.17. The summed E-state index contributed by atoms with van der Waals surface area (Å²) in [7, 11) is 0. The van der Waals surface area contributed by atoms with E-state index in [9.17, 15) is 4.39 Å². The second kappa shape index (κ2) is 5.98. The van der Waals surface area contributed by atoms with Crippen LogP contribution < -0.4 is 0 Å². The first-order valence-corrected chi connectivity index (χ1v) is 7.58. The van der Waals surface area contributed by atoms with E-state index in [1.165, 1.54) is 12.0 Å². The predicted octanol–water partition coefficient (Wildman–Crippen LogP) is 3.23. The van der Waals surface area contributed by atoms with Crippen molar-refractivity contribution in [3.05, 3.63) is 52.6 Å². The topological polar surface area (TPSA) is 31.9 Å². The van der Waals surface area contributed by atoms with Crippen LogP contribution in [0.2, 0.25) is 0 Å². The van der Waals surface area contributed by atoms with Crippen molar-refractivity contribution >= 4 is 0 Å². The molecule has 2 aromatic rings. The first-order chi connectivity index (χ1) is 10.1. The number of benzene rings is 1. The van der Waals surface area contributed by atoms with E-state index >= 15 is 0 Å². The molecule has 1 N–H and O–H groups in total. The SMILES string of the molecule is Cc1cc(CN2CCC(Cc3ccc(F)c(C)c3)C2)n[nH]1. The van der Waals surface area contributed by atoms with Gasteiger partial charge in [0.1, 0.15) is 5.82 Å². The van der Waals surface area contributed by atoms with Gasteiger partial charge in [-0.3, -0.25) is 10.00 Å². The maximum Gasteiger partial charge on any atom is 0.126 e. The van der Waals surface area contributed by atoms with Crippen molar-refractivity contribution in [2.24, 2.45) is 5.92 Å². The van der Waals surface area contributed by atoms with E-state index in [-0.39, 0.29) is 5.82 Å². The third kappa shape index (κ3) is 3.50. The summed E-state index contributed by atoms with van der Waals surface area (Å²) in [4.78, 5) is 2.46. The highest BCUT2D eigenvalue weighted by molar-refractivity contribution is 5.24. The molecule has 1 aliphatic rings. The lowest BCUT2D eigenvalue weighted by Crippen LogP contribution is -2.20. The number of likely N-dealkylation sites (tertiary alicyclic amines) is 1. The summed E-state index contributed by atoms with van der Waals surface area (Å²) < 4.78 is 13.3. The fourth-order valence-electron chi connectivity index (χ4n) is 3.17. The predicted molar refractivity (Wildman–Crippen MR) is 81.5 cm³/mol. The minimum absolute atomic E-state index is 0.110. The Hall–Kier alpha value is -1.68. The van der Waals surface area contributed by atoms with Gasteiger partial charge in [0.05, 0.1) is 5.69 Å². The number of nitrogens with one attached hydrogen (secondary N) is 1. The minimum Gasteiger partial charge on any atom is -0.297 e. The van der Waals surface area contributed by atoms with E-state index in [2.05, 4.69) is 21.2 Å². The van der Waals surface area contributed by atoms with E-state index in [1.807, 2.05) is 26.0 Å². The highest BCUT2D eigenvalue weighted by atomic mass is 19.1. The molecule has 112 valence electrons. The summed E-state index contributed by atoms with van der Waals surface area (Å²) in [5, 5.41) is 7.29. The van der Waals surface area contributed by atoms with Crippen LogP contribution in [0, 0.1) is 25.6 Å². The number of halogens is 1. The molecule has 1 aromatic heterocycles. The van der Waals surface area contributed by atoms with E-state index in [0.29, 0.717) is 5.92 Å². The maximum absolute atomic E-state index is 13.3. The summed E-state index contributed by atoms with van der Waals surface area (Å²) in [6, 6.07) is 7.59. The van der Waals surface area contributed by atoms with Crippen molar-refractivity contribution in [2.75, 3.05) is 13.1 Å². The van der Waals surface area contributed by atoms with Gasteiger partial charge in [-0.1, -0.05) is 12.1 Å². The maximum atomic E-state index is 13.3. The molecule has 0 saturated carbocycles. The zero-order valence-electron chi connectivity index (χ0n) is 12.7. The Morgan fingerprint density at radius 2 is 2.19 bits per heavy atom. The highest BCUT2D eigenvalue weighted by Gasteiger charge is 2.23. The van der Waals surface area contributed by atoms with Gasteiger partial charge in [0, 0.05) is 18.8 Å². The molecule has 0 aliphatic carbocycles. The van der Waals surface area contributed by atoms with E-state index in [0.717, 1.165) is 43.0 Å². The third-order valence-corrected chi connectivity index (χ3v) is 4.26. The summed E-state index contributed by atoms with van der Waals surface area (Å²) >= 11 is 0. The molecule has 21 heavy (non-hydrogen) atoms. The number of nitrogens with zero attached hydrogens (tertiary/aromatic N) is 2. The molecular formula is C17H22FN3. The molecular weight excluding hydrogens is 265 g/mol. The molecule has 3 rings (SSSR count). The zero-order valence-corrected chi connectivity index (χ0v) is 12.7. The molecule has 2 heterocycles. The Morgan fingerprint density at radius 3 is 2.90 bits per heavy atom. The Morgan fingerprint density at radius 1 is 1.33 bits per heavy atom. The Bertz CT molecular complexity index is 620. The molecule has 1 unspecified atom stereocenters. The summed E-state index contributed by atoms with van der Waals surface area (Å²) in [5.74, 6) is 0.551. The molecule has 4 heteroatoms. The van der Waals surface area contributed by atoms with E-state index in [4.69, 9.17) is 0 Å². The van der Waals surface area contributed by atoms with Gasteiger partial charge in [-0.25, -0.2) is 4.39 Å². The van der Waals surface area contributed by atoms with Crippen molar-refractivity contribution in [3.8, 4) is 0 Å². The number of H-pyrrole nitrogens is 1. The number of aryl methyl sites for hydroxylation is 2. The highest BCUT2D eigenvalue weighted by Crippen LogP contribution is 2.23. The quantitative estimate of drug-likeness (QED) is 0.936. The van der Waals surface area contributed by atoms with Crippen molar-refractivity contribution in [2.45, 2.75) is 33.2 Å². The Balaban J connectivity index is 1.55. The molecule has 0 amide bonds. The smallest absolute Gasteiger partial charge is 0.126 e. The van der Waals surface area contributed by atoms with Crippen molar-refractivity contribution < 1.29 is 4.39 Å². The monoisotopic (exact) mass is 287 g/mol. The molecule has 1 aliphatic heterocycles. The van der Waals surface area contributed by atoms with Crippen molar-refractivity contribution in [3.63, 3.8) is 0 Å². The first kappa shape index (κ1) is 14.3. The lowest BCUT2D eigenvalue weighted by Gasteiger charge is -2.14. The number of aromatic nitrogens is 2. The van der Waals surface area contributed by atoms with Crippen LogP contribution in [0.1, 0.15) is 28.9 Å². The molecule has 0 bridgehead atoms. The van der Waals surface area contributed by atoms with Crippen LogP contribution in [0.5, 0.6) is 0 Å². The average molecular weight is 287 g/mol. The zero-order chi connectivity index (χ0) is 14.8. The van der Waals surface area contributed by atoms with Crippen LogP contribution in [0.3, 0.4) is 0 Å².